The van der Waals surface area contributed by atoms with Crippen LogP contribution in [0.4, 0.5) is 5.69 Å². The summed E-state index contributed by atoms with van der Waals surface area (Å²) in [6.07, 6.45) is 0. The van der Waals surface area contributed by atoms with Crippen LogP contribution in [0.25, 0.3) is 0 Å². The summed E-state index contributed by atoms with van der Waals surface area (Å²) >= 11 is 5.94. The third kappa shape index (κ3) is 6.16. The van der Waals surface area contributed by atoms with Crippen molar-refractivity contribution >= 4 is 38.9 Å². The molecule has 0 aliphatic heterocycles. The molecule has 0 aromatic heterocycles. The van der Waals surface area contributed by atoms with Crippen LogP contribution in [-0.2, 0) is 14.8 Å². The average molecular weight is 530 g/mol. The molecule has 0 heterocycles. The number of carbonyl (C=O) groups excluding carboxylic acids is 1. The molecule has 0 saturated carbocycles. The molecule has 0 aliphatic carbocycles. The van der Waals surface area contributed by atoms with Crippen LogP contribution in [0.5, 0.6) is 11.5 Å². The number of methoxy groups -OCH3 is 2. The Morgan fingerprint density at radius 3 is 2.22 bits per heavy atom. The summed E-state index contributed by atoms with van der Waals surface area (Å²) in [6.45, 7) is 5.04. The predicted molar refractivity (Wildman–Crippen MR) is 142 cm³/mol. The number of nitrogens with one attached hydrogen (secondary N) is 1. The molecule has 3 rings (SSSR count). The van der Waals surface area contributed by atoms with Crippen LogP contribution < -0.4 is 19.2 Å². The van der Waals surface area contributed by atoms with Gasteiger partial charge in [-0.05, 0) is 86.5 Å². The van der Waals surface area contributed by atoms with Gasteiger partial charge in [0.15, 0.2) is 11.5 Å². The van der Waals surface area contributed by atoms with Crippen molar-refractivity contribution in [3.05, 3.63) is 82.4 Å². The number of ether oxygens (including phenoxy) is 2. The van der Waals surface area contributed by atoms with Crippen LogP contribution in [0.3, 0.4) is 0 Å². The molecule has 0 bridgehead atoms. The zero-order valence-electron chi connectivity index (χ0n) is 20.7. The third-order valence-corrected chi connectivity index (χ3v) is 7.66. The fourth-order valence-electron chi connectivity index (χ4n) is 3.37. The molecule has 0 fully saturated rings. The number of hydrogen-bond acceptors (Lipinski definition) is 6. The van der Waals surface area contributed by atoms with E-state index in [-0.39, 0.29) is 4.90 Å². The molecule has 0 spiro atoms. The number of amides is 1. The zero-order chi connectivity index (χ0) is 26.5. The van der Waals surface area contributed by atoms with E-state index in [1.165, 1.54) is 38.5 Å². The standard InChI is InChI=1S/C26H28ClN3O5S/c1-17-6-10-22(14-18(17)2)30(36(32,33)23-11-8-21(27)9-12-23)16-26(31)29-28-19(3)20-7-13-24(34-4)25(15-20)35-5/h6-15H,16H2,1-5H3,(H,29,31)/b28-19-. The number of hydrazone groups is 1. The first kappa shape index (κ1) is 27.0. The summed E-state index contributed by atoms with van der Waals surface area (Å²) in [4.78, 5) is 12.9. The van der Waals surface area contributed by atoms with E-state index in [2.05, 4.69) is 10.5 Å². The van der Waals surface area contributed by atoms with E-state index in [4.69, 9.17) is 21.1 Å². The number of rotatable bonds is 9. The molecule has 1 amide bonds. The Morgan fingerprint density at radius 1 is 0.944 bits per heavy atom. The lowest BCUT2D eigenvalue weighted by atomic mass is 10.1. The minimum Gasteiger partial charge on any atom is -0.493 e. The highest BCUT2D eigenvalue weighted by Crippen LogP contribution is 2.28. The van der Waals surface area contributed by atoms with Crippen LogP contribution in [0, 0.1) is 13.8 Å². The maximum absolute atomic E-state index is 13.5. The van der Waals surface area contributed by atoms with Crippen LogP contribution in [0.15, 0.2) is 70.7 Å². The summed E-state index contributed by atoms with van der Waals surface area (Å²) in [6, 6.07) is 16.2. The Morgan fingerprint density at radius 2 is 1.61 bits per heavy atom. The molecule has 0 saturated heterocycles. The molecule has 0 aliphatic rings. The quantitative estimate of drug-likeness (QED) is 0.320. The van der Waals surface area contributed by atoms with Gasteiger partial charge in [0, 0.05) is 10.6 Å². The number of nitrogens with zero attached hydrogens (tertiary/aromatic N) is 2. The van der Waals surface area contributed by atoms with Gasteiger partial charge in [0.2, 0.25) is 0 Å². The molecule has 1 N–H and O–H groups in total. The normalized spacial score (nSPS) is 11.7. The minimum absolute atomic E-state index is 0.0166. The van der Waals surface area contributed by atoms with Gasteiger partial charge in [-0.1, -0.05) is 17.7 Å². The van der Waals surface area contributed by atoms with Crippen LogP contribution in [0.2, 0.25) is 5.02 Å². The van der Waals surface area contributed by atoms with Gasteiger partial charge in [0.05, 0.1) is 30.5 Å². The van der Waals surface area contributed by atoms with E-state index in [1.807, 2.05) is 19.9 Å². The Labute approximate surface area is 216 Å². The molecule has 8 nitrogen and oxygen atoms in total. The van der Waals surface area contributed by atoms with E-state index in [0.717, 1.165) is 15.4 Å². The van der Waals surface area contributed by atoms with E-state index >= 15 is 0 Å². The third-order valence-electron chi connectivity index (χ3n) is 5.62. The van der Waals surface area contributed by atoms with Crippen molar-refractivity contribution < 1.29 is 22.7 Å². The topological polar surface area (TPSA) is 97.3 Å². The van der Waals surface area contributed by atoms with Gasteiger partial charge >= 0.3 is 0 Å². The van der Waals surface area contributed by atoms with Gasteiger partial charge in [0.1, 0.15) is 6.54 Å². The van der Waals surface area contributed by atoms with Gasteiger partial charge in [-0.2, -0.15) is 5.10 Å². The highest BCUT2D eigenvalue weighted by Gasteiger charge is 2.27. The first-order valence-electron chi connectivity index (χ1n) is 11.0. The van der Waals surface area contributed by atoms with Crippen LogP contribution >= 0.6 is 11.6 Å². The summed E-state index contributed by atoms with van der Waals surface area (Å²) in [5.74, 6) is 0.478. The van der Waals surface area contributed by atoms with Crippen molar-refractivity contribution in [1.82, 2.24) is 5.43 Å². The van der Waals surface area contributed by atoms with Crippen molar-refractivity contribution in [3.8, 4) is 11.5 Å². The smallest absolute Gasteiger partial charge is 0.264 e. The van der Waals surface area contributed by atoms with Gasteiger partial charge in [-0.15, -0.1) is 0 Å². The first-order chi connectivity index (χ1) is 17.1. The Hall–Kier alpha value is -3.56. The van der Waals surface area contributed by atoms with Crippen molar-refractivity contribution in [2.75, 3.05) is 25.1 Å². The van der Waals surface area contributed by atoms with E-state index in [1.54, 1.807) is 37.3 Å². The van der Waals surface area contributed by atoms with Crippen molar-refractivity contribution in [3.63, 3.8) is 0 Å². The molecular formula is C26H28ClN3O5S. The molecule has 36 heavy (non-hydrogen) atoms. The SMILES string of the molecule is COc1ccc(/C(C)=N\NC(=O)CN(c2ccc(C)c(C)c2)S(=O)(=O)c2ccc(Cl)cc2)cc1OC. The monoisotopic (exact) mass is 529 g/mol. The molecule has 3 aromatic rings. The minimum atomic E-state index is -4.07. The molecule has 0 unspecified atom stereocenters. The number of sulfonamides is 1. The first-order valence-corrected chi connectivity index (χ1v) is 12.8. The lowest BCUT2D eigenvalue weighted by molar-refractivity contribution is -0.119. The maximum atomic E-state index is 13.5. The fourth-order valence-corrected chi connectivity index (χ4v) is 4.91. The fraction of sp³-hybridized carbons (Fsp3) is 0.231. The highest BCUT2D eigenvalue weighted by molar-refractivity contribution is 7.92. The summed E-state index contributed by atoms with van der Waals surface area (Å²) < 4.78 is 38.6. The molecule has 0 radical (unpaired) electrons. The Balaban J connectivity index is 1.89. The number of carbonyl (C=O) groups is 1. The molecule has 0 atom stereocenters. The average Bonchev–Trinajstić information content (AvgIpc) is 2.87. The van der Waals surface area contributed by atoms with Gasteiger partial charge in [0.25, 0.3) is 15.9 Å². The van der Waals surface area contributed by atoms with Crippen molar-refractivity contribution in [1.29, 1.82) is 0 Å². The van der Waals surface area contributed by atoms with Gasteiger partial charge in [-0.25, -0.2) is 13.8 Å². The number of halogens is 1. The van der Waals surface area contributed by atoms with Crippen molar-refractivity contribution in [2.24, 2.45) is 5.10 Å². The lowest BCUT2D eigenvalue weighted by Crippen LogP contribution is -2.39. The number of anilines is 1. The van der Waals surface area contributed by atoms with Crippen LogP contribution in [0.1, 0.15) is 23.6 Å². The number of aryl methyl sites for hydroxylation is 2. The Bertz CT molecular complexity index is 1390. The van der Waals surface area contributed by atoms with Crippen molar-refractivity contribution in [2.45, 2.75) is 25.7 Å². The van der Waals surface area contributed by atoms with E-state index in [0.29, 0.717) is 33.5 Å². The van der Waals surface area contributed by atoms with Crippen LogP contribution in [-0.4, -0.2) is 40.8 Å². The second-order valence-corrected chi connectivity index (χ2v) is 10.3. The predicted octanol–water partition coefficient (Wildman–Crippen LogP) is 4.71. The summed E-state index contributed by atoms with van der Waals surface area (Å²) in [5, 5.41) is 4.56. The highest BCUT2D eigenvalue weighted by atomic mass is 35.5. The van der Waals surface area contributed by atoms with E-state index < -0.39 is 22.5 Å². The number of benzene rings is 3. The maximum Gasteiger partial charge on any atom is 0.264 e. The van der Waals surface area contributed by atoms with E-state index in [9.17, 15) is 13.2 Å². The second kappa shape index (κ2) is 11.5. The molecule has 10 heteroatoms. The zero-order valence-corrected chi connectivity index (χ0v) is 22.3. The lowest BCUT2D eigenvalue weighted by Gasteiger charge is -2.24. The molecule has 190 valence electrons. The van der Waals surface area contributed by atoms with Gasteiger partial charge < -0.3 is 9.47 Å². The Kier molecular flexibility index (Phi) is 8.60. The molecule has 3 aromatic carbocycles. The van der Waals surface area contributed by atoms with Gasteiger partial charge in [-0.3, -0.25) is 9.10 Å². The summed E-state index contributed by atoms with van der Waals surface area (Å²) in [7, 11) is -1.00. The number of hydrogen-bond donors (Lipinski definition) is 1. The summed E-state index contributed by atoms with van der Waals surface area (Å²) in [5.41, 5.74) is 5.92. The largest absolute Gasteiger partial charge is 0.493 e. The second-order valence-electron chi connectivity index (χ2n) is 8.04. The molecular weight excluding hydrogens is 502 g/mol.